The summed E-state index contributed by atoms with van der Waals surface area (Å²) in [5, 5.41) is 7.01. The van der Waals surface area contributed by atoms with E-state index in [1.54, 1.807) is 17.9 Å². The van der Waals surface area contributed by atoms with Crippen LogP contribution >= 0.6 is 15.9 Å². The number of rotatable bonds is 6. The first kappa shape index (κ1) is 17.2. The minimum absolute atomic E-state index is 0.214. The predicted octanol–water partition coefficient (Wildman–Crippen LogP) is 3.49. The summed E-state index contributed by atoms with van der Waals surface area (Å²) < 4.78 is 8.35. The van der Waals surface area contributed by atoms with Crippen molar-refractivity contribution in [2.75, 3.05) is 5.32 Å². The number of ether oxygens (including phenoxy) is 1. The molecule has 6 nitrogen and oxygen atoms in total. The molecule has 0 radical (unpaired) electrons. The fraction of sp³-hybridized carbons (Fsp3) is 0.167. The van der Waals surface area contributed by atoms with Crippen LogP contribution in [0.5, 0.6) is 5.75 Å². The average Bonchev–Trinajstić information content (AvgIpc) is 3.11. The molecule has 0 spiro atoms. The zero-order chi connectivity index (χ0) is 17.6. The molecule has 25 heavy (non-hydrogen) atoms. The number of carbonyl (C=O) groups is 1. The lowest BCUT2D eigenvalue weighted by atomic mass is 10.1. The highest BCUT2D eigenvalue weighted by Gasteiger charge is 2.16. The SMILES string of the molecule is CC(Oc1ccc(Br)cc1)C(=O)Nc1ccccc1Cn1cncn1. The van der Waals surface area contributed by atoms with Crippen molar-refractivity contribution < 1.29 is 9.53 Å². The van der Waals surface area contributed by atoms with Crippen LogP contribution in [0, 0.1) is 0 Å². The third-order valence-corrected chi connectivity index (χ3v) is 4.10. The maximum absolute atomic E-state index is 12.5. The van der Waals surface area contributed by atoms with E-state index in [-0.39, 0.29) is 5.91 Å². The van der Waals surface area contributed by atoms with Crippen LogP contribution in [0.2, 0.25) is 0 Å². The Bertz CT molecular complexity index is 835. The van der Waals surface area contributed by atoms with Crippen molar-refractivity contribution in [3.05, 3.63) is 71.2 Å². The molecule has 1 amide bonds. The van der Waals surface area contributed by atoms with Crippen LogP contribution in [0.3, 0.4) is 0 Å². The van der Waals surface area contributed by atoms with Gasteiger partial charge in [0.05, 0.1) is 6.54 Å². The molecule has 1 unspecified atom stereocenters. The Kier molecular flexibility index (Phi) is 5.45. The lowest BCUT2D eigenvalue weighted by molar-refractivity contribution is -0.122. The minimum atomic E-state index is -0.624. The Morgan fingerprint density at radius 2 is 2.00 bits per heavy atom. The molecule has 7 heteroatoms. The maximum atomic E-state index is 12.5. The van der Waals surface area contributed by atoms with E-state index >= 15 is 0 Å². The number of benzene rings is 2. The molecule has 3 rings (SSSR count). The Hall–Kier alpha value is -2.67. The molecule has 2 aromatic carbocycles. The maximum Gasteiger partial charge on any atom is 0.265 e. The van der Waals surface area contributed by atoms with E-state index in [0.717, 1.165) is 15.7 Å². The number of anilines is 1. The van der Waals surface area contributed by atoms with Gasteiger partial charge in [-0.15, -0.1) is 0 Å². The fourth-order valence-electron chi connectivity index (χ4n) is 2.27. The smallest absolute Gasteiger partial charge is 0.265 e. The molecule has 1 atom stereocenters. The number of amides is 1. The van der Waals surface area contributed by atoms with Crippen LogP contribution in [0.4, 0.5) is 5.69 Å². The van der Waals surface area contributed by atoms with Crippen molar-refractivity contribution in [3.8, 4) is 5.75 Å². The van der Waals surface area contributed by atoms with E-state index in [1.807, 2.05) is 48.5 Å². The number of aromatic nitrogens is 3. The number of nitrogens with one attached hydrogen (secondary N) is 1. The normalized spacial score (nSPS) is 11.8. The largest absolute Gasteiger partial charge is 0.481 e. The van der Waals surface area contributed by atoms with Gasteiger partial charge in [0, 0.05) is 10.2 Å². The highest BCUT2D eigenvalue weighted by Crippen LogP contribution is 2.19. The number of carbonyl (C=O) groups excluding carboxylic acids is 1. The van der Waals surface area contributed by atoms with E-state index in [9.17, 15) is 4.79 Å². The second-order valence-corrected chi connectivity index (χ2v) is 6.37. The zero-order valence-electron chi connectivity index (χ0n) is 13.6. The molecule has 128 valence electrons. The van der Waals surface area contributed by atoms with Crippen molar-refractivity contribution >= 4 is 27.5 Å². The van der Waals surface area contributed by atoms with E-state index < -0.39 is 6.10 Å². The topological polar surface area (TPSA) is 69.0 Å². The van der Waals surface area contributed by atoms with Crippen LogP contribution in [0.25, 0.3) is 0 Å². The van der Waals surface area contributed by atoms with Crippen molar-refractivity contribution in [2.45, 2.75) is 19.6 Å². The van der Waals surface area contributed by atoms with E-state index in [4.69, 9.17) is 4.74 Å². The van der Waals surface area contributed by atoms with E-state index in [0.29, 0.717) is 12.3 Å². The molecule has 1 aromatic heterocycles. The molecule has 1 heterocycles. The Labute approximate surface area is 154 Å². The minimum Gasteiger partial charge on any atom is -0.481 e. The zero-order valence-corrected chi connectivity index (χ0v) is 15.2. The lowest BCUT2D eigenvalue weighted by Crippen LogP contribution is -2.30. The molecule has 0 aliphatic heterocycles. The van der Waals surface area contributed by atoms with Crippen LogP contribution < -0.4 is 10.1 Å². The van der Waals surface area contributed by atoms with Gasteiger partial charge >= 0.3 is 0 Å². The van der Waals surface area contributed by atoms with Gasteiger partial charge in [-0.05, 0) is 42.8 Å². The molecular weight excluding hydrogens is 384 g/mol. The standard InChI is InChI=1S/C18H17BrN4O2/c1-13(25-16-8-6-15(19)7-9-16)18(24)22-17-5-3-2-4-14(17)10-23-12-20-11-21-23/h2-9,11-13H,10H2,1H3,(H,22,24). The Morgan fingerprint density at radius 1 is 1.24 bits per heavy atom. The van der Waals surface area contributed by atoms with Gasteiger partial charge in [-0.1, -0.05) is 34.1 Å². The second-order valence-electron chi connectivity index (χ2n) is 5.45. The summed E-state index contributed by atoms with van der Waals surface area (Å²) >= 11 is 3.37. The molecule has 0 aliphatic rings. The van der Waals surface area contributed by atoms with Gasteiger partial charge in [0.1, 0.15) is 18.4 Å². The summed E-state index contributed by atoms with van der Waals surface area (Å²) in [5.41, 5.74) is 1.67. The van der Waals surface area contributed by atoms with Gasteiger partial charge in [0.2, 0.25) is 0 Å². The number of hydrogen-bond acceptors (Lipinski definition) is 4. The Balaban J connectivity index is 1.67. The predicted molar refractivity (Wildman–Crippen MR) is 98.4 cm³/mol. The average molecular weight is 401 g/mol. The molecule has 0 aliphatic carbocycles. The summed E-state index contributed by atoms with van der Waals surface area (Å²) in [6, 6.07) is 15.0. The summed E-state index contributed by atoms with van der Waals surface area (Å²) in [7, 11) is 0. The summed E-state index contributed by atoms with van der Waals surface area (Å²) in [5.74, 6) is 0.427. The first-order valence-electron chi connectivity index (χ1n) is 7.75. The van der Waals surface area contributed by atoms with E-state index in [1.165, 1.54) is 6.33 Å². The van der Waals surface area contributed by atoms with Crippen molar-refractivity contribution in [1.82, 2.24) is 14.8 Å². The first-order chi connectivity index (χ1) is 12.1. The van der Waals surface area contributed by atoms with Gasteiger partial charge in [-0.25, -0.2) is 9.67 Å². The second kappa shape index (κ2) is 7.94. The van der Waals surface area contributed by atoms with Crippen molar-refractivity contribution in [2.24, 2.45) is 0 Å². The third-order valence-electron chi connectivity index (χ3n) is 3.57. The van der Waals surface area contributed by atoms with Gasteiger partial charge in [-0.2, -0.15) is 5.10 Å². The van der Waals surface area contributed by atoms with Crippen LogP contribution in [0.1, 0.15) is 12.5 Å². The molecule has 3 aromatic rings. The van der Waals surface area contributed by atoms with Crippen molar-refractivity contribution in [3.63, 3.8) is 0 Å². The van der Waals surface area contributed by atoms with Gasteiger partial charge in [0.15, 0.2) is 6.10 Å². The monoisotopic (exact) mass is 400 g/mol. The highest BCUT2D eigenvalue weighted by molar-refractivity contribution is 9.10. The summed E-state index contributed by atoms with van der Waals surface area (Å²) in [6.45, 7) is 2.25. The molecule has 0 saturated carbocycles. The van der Waals surface area contributed by atoms with Crippen molar-refractivity contribution in [1.29, 1.82) is 0 Å². The van der Waals surface area contributed by atoms with Gasteiger partial charge in [0.25, 0.3) is 5.91 Å². The number of hydrogen-bond donors (Lipinski definition) is 1. The van der Waals surface area contributed by atoms with Crippen LogP contribution in [-0.2, 0) is 11.3 Å². The van der Waals surface area contributed by atoms with E-state index in [2.05, 4.69) is 31.3 Å². The van der Waals surface area contributed by atoms with Crippen LogP contribution in [0.15, 0.2) is 65.7 Å². The third kappa shape index (κ3) is 4.67. The fourth-order valence-corrected chi connectivity index (χ4v) is 2.54. The Morgan fingerprint density at radius 3 is 2.72 bits per heavy atom. The number of nitrogens with zero attached hydrogens (tertiary/aromatic N) is 3. The molecule has 1 N–H and O–H groups in total. The van der Waals surface area contributed by atoms with Gasteiger partial charge in [-0.3, -0.25) is 4.79 Å². The number of halogens is 1. The first-order valence-corrected chi connectivity index (χ1v) is 8.54. The molecule has 0 saturated heterocycles. The molecule has 0 fully saturated rings. The number of para-hydroxylation sites is 1. The van der Waals surface area contributed by atoms with Gasteiger partial charge < -0.3 is 10.1 Å². The summed E-state index contributed by atoms with van der Waals surface area (Å²) in [6.07, 6.45) is 2.49. The summed E-state index contributed by atoms with van der Waals surface area (Å²) in [4.78, 5) is 16.4. The molecule has 0 bridgehead atoms. The quantitative estimate of drug-likeness (QED) is 0.687. The molecular formula is C18H17BrN4O2. The van der Waals surface area contributed by atoms with Crippen LogP contribution in [-0.4, -0.2) is 26.8 Å². The highest BCUT2D eigenvalue weighted by atomic mass is 79.9. The lowest BCUT2D eigenvalue weighted by Gasteiger charge is -2.16.